The Balaban J connectivity index is 1.62. The van der Waals surface area contributed by atoms with E-state index in [0.717, 1.165) is 15.8 Å². The molecular weight excluding hydrogens is 375 g/mol. The van der Waals surface area contributed by atoms with Crippen LogP contribution < -0.4 is 10.6 Å². The number of fused-ring (bicyclic) bond motifs is 1. The Morgan fingerprint density at radius 1 is 1.14 bits per heavy atom. The minimum absolute atomic E-state index is 0.0290. The topological polar surface area (TPSA) is 83.4 Å². The molecule has 1 saturated heterocycles. The molecule has 1 aliphatic rings. The normalized spacial score (nSPS) is 15.2. The molecule has 0 spiro atoms. The number of likely N-dealkylation sites (N-methyl/N-ethyl adjacent to an activating group) is 1. The van der Waals surface area contributed by atoms with Crippen molar-refractivity contribution in [2.45, 2.75) is 6.54 Å². The second kappa shape index (κ2) is 7.23. The number of benzene rings is 2. The summed E-state index contributed by atoms with van der Waals surface area (Å²) in [5.41, 5.74) is 2.18. The molecule has 8 heteroatoms. The number of carbonyl (C=O) groups is 3. The Bertz CT molecular complexity index is 1160. The highest BCUT2D eigenvalue weighted by atomic mass is 19.1. The lowest BCUT2D eigenvalue weighted by Gasteiger charge is -2.07. The number of para-hydroxylation sites is 1. The molecule has 2 N–H and O–H groups in total. The van der Waals surface area contributed by atoms with Crippen molar-refractivity contribution >= 4 is 40.5 Å². The number of urea groups is 1. The van der Waals surface area contributed by atoms with Gasteiger partial charge in [0.05, 0.1) is 0 Å². The summed E-state index contributed by atoms with van der Waals surface area (Å²) >= 11 is 0. The zero-order valence-electron chi connectivity index (χ0n) is 15.5. The predicted molar refractivity (Wildman–Crippen MR) is 106 cm³/mol. The molecule has 1 aromatic heterocycles. The van der Waals surface area contributed by atoms with Gasteiger partial charge in [0.1, 0.15) is 18.1 Å². The third-order valence-corrected chi connectivity index (χ3v) is 4.64. The zero-order chi connectivity index (χ0) is 20.5. The fourth-order valence-electron chi connectivity index (χ4n) is 3.19. The summed E-state index contributed by atoms with van der Waals surface area (Å²) in [6.07, 6.45) is 3.35. The van der Waals surface area contributed by atoms with Gasteiger partial charge in [-0.05, 0) is 36.4 Å². The number of hydrogen-bond acceptors (Lipinski definition) is 3. The van der Waals surface area contributed by atoms with Crippen LogP contribution in [0.1, 0.15) is 5.56 Å². The van der Waals surface area contributed by atoms with Gasteiger partial charge in [0.2, 0.25) is 5.91 Å². The first-order valence-electron chi connectivity index (χ1n) is 8.86. The van der Waals surface area contributed by atoms with E-state index in [0.29, 0.717) is 11.3 Å². The summed E-state index contributed by atoms with van der Waals surface area (Å²) in [6, 6.07) is 12.5. The summed E-state index contributed by atoms with van der Waals surface area (Å²) < 4.78 is 14.8. The van der Waals surface area contributed by atoms with E-state index in [1.54, 1.807) is 16.8 Å². The zero-order valence-corrected chi connectivity index (χ0v) is 15.5. The average Bonchev–Trinajstić information content (AvgIpc) is 3.16. The number of amides is 4. The van der Waals surface area contributed by atoms with E-state index in [-0.39, 0.29) is 24.0 Å². The largest absolute Gasteiger partial charge is 0.337 e. The maximum Gasteiger partial charge on any atom is 0.328 e. The molecule has 146 valence electrons. The fraction of sp³-hybridized carbons (Fsp3) is 0.0952. The van der Waals surface area contributed by atoms with Crippen LogP contribution in [0.2, 0.25) is 0 Å². The van der Waals surface area contributed by atoms with E-state index in [1.165, 1.54) is 31.3 Å². The molecular formula is C21H17FN4O3. The van der Waals surface area contributed by atoms with Gasteiger partial charge in [-0.3, -0.25) is 14.5 Å². The van der Waals surface area contributed by atoms with E-state index >= 15 is 0 Å². The predicted octanol–water partition coefficient (Wildman–Crippen LogP) is 2.94. The number of nitrogens with zero attached hydrogens (tertiary/aromatic N) is 2. The highest BCUT2D eigenvalue weighted by Gasteiger charge is 2.30. The fourth-order valence-corrected chi connectivity index (χ4v) is 3.19. The van der Waals surface area contributed by atoms with Gasteiger partial charge in [0.15, 0.2) is 0 Å². The number of hydrogen-bond donors (Lipinski definition) is 2. The smallest absolute Gasteiger partial charge is 0.328 e. The van der Waals surface area contributed by atoms with Gasteiger partial charge in [-0.15, -0.1) is 0 Å². The lowest BCUT2D eigenvalue weighted by Crippen LogP contribution is -2.25. The van der Waals surface area contributed by atoms with Crippen LogP contribution in [-0.2, 0) is 16.1 Å². The van der Waals surface area contributed by atoms with Crippen LogP contribution >= 0.6 is 0 Å². The summed E-state index contributed by atoms with van der Waals surface area (Å²) in [4.78, 5) is 37.3. The number of carbonyl (C=O) groups excluding carboxylic acids is 3. The van der Waals surface area contributed by atoms with Crippen molar-refractivity contribution in [1.29, 1.82) is 0 Å². The minimum atomic E-state index is -0.483. The number of halogens is 1. The summed E-state index contributed by atoms with van der Waals surface area (Å²) in [6.45, 7) is 0.0290. The molecule has 2 aromatic carbocycles. The molecule has 4 rings (SSSR count). The number of imide groups is 1. The van der Waals surface area contributed by atoms with E-state index in [2.05, 4.69) is 10.6 Å². The Morgan fingerprint density at radius 2 is 1.86 bits per heavy atom. The number of anilines is 1. The molecule has 29 heavy (non-hydrogen) atoms. The van der Waals surface area contributed by atoms with Crippen LogP contribution in [0.4, 0.5) is 14.9 Å². The van der Waals surface area contributed by atoms with Crippen LogP contribution in [-0.4, -0.2) is 34.4 Å². The quantitative estimate of drug-likeness (QED) is 0.529. The molecule has 0 saturated carbocycles. The SMILES string of the molecule is CN1C(=O)N/C(=C/c2cn(CC(=O)Nc3ccc(F)cc3)c3ccccc23)C1=O. The highest BCUT2D eigenvalue weighted by molar-refractivity contribution is 6.14. The van der Waals surface area contributed by atoms with Crippen molar-refractivity contribution in [2.24, 2.45) is 0 Å². The molecule has 0 bridgehead atoms. The van der Waals surface area contributed by atoms with Crippen LogP contribution in [0.5, 0.6) is 0 Å². The van der Waals surface area contributed by atoms with E-state index in [4.69, 9.17) is 0 Å². The lowest BCUT2D eigenvalue weighted by molar-refractivity contribution is -0.122. The third-order valence-electron chi connectivity index (χ3n) is 4.64. The first-order valence-corrected chi connectivity index (χ1v) is 8.86. The van der Waals surface area contributed by atoms with Gasteiger partial charge >= 0.3 is 6.03 Å². The Labute approximate surface area is 165 Å². The van der Waals surface area contributed by atoms with E-state index < -0.39 is 11.9 Å². The van der Waals surface area contributed by atoms with Crippen molar-refractivity contribution in [3.63, 3.8) is 0 Å². The van der Waals surface area contributed by atoms with Crippen molar-refractivity contribution in [3.05, 3.63) is 71.8 Å². The Morgan fingerprint density at radius 3 is 2.55 bits per heavy atom. The van der Waals surface area contributed by atoms with Crippen LogP contribution in [0.15, 0.2) is 60.4 Å². The molecule has 4 amide bonds. The Hall–Kier alpha value is -3.94. The van der Waals surface area contributed by atoms with Crippen LogP contribution in [0, 0.1) is 5.82 Å². The molecule has 3 aromatic rings. The average molecular weight is 392 g/mol. The van der Waals surface area contributed by atoms with Crippen LogP contribution in [0.25, 0.3) is 17.0 Å². The number of rotatable bonds is 4. The van der Waals surface area contributed by atoms with Gasteiger partial charge in [0, 0.05) is 35.4 Å². The second-order valence-electron chi connectivity index (χ2n) is 6.64. The monoisotopic (exact) mass is 392 g/mol. The Kier molecular flexibility index (Phi) is 4.59. The second-order valence-corrected chi connectivity index (χ2v) is 6.64. The van der Waals surface area contributed by atoms with Gasteiger partial charge in [-0.2, -0.15) is 0 Å². The third kappa shape index (κ3) is 3.60. The van der Waals surface area contributed by atoms with Crippen molar-refractivity contribution in [2.75, 3.05) is 12.4 Å². The van der Waals surface area contributed by atoms with Crippen molar-refractivity contribution < 1.29 is 18.8 Å². The van der Waals surface area contributed by atoms with Gasteiger partial charge < -0.3 is 15.2 Å². The summed E-state index contributed by atoms with van der Waals surface area (Å²) in [7, 11) is 1.40. The first-order chi connectivity index (χ1) is 13.9. The number of nitrogens with one attached hydrogen (secondary N) is 2. The molecule has 0 aliphatic carbocycles. The summed E-state index contributed by atoms with van der Waals surface area (Å²) in [5, 5.41) is 6.10. The van der Waals surface area contributed by atoms with Gasteiger partial charge in [-0.1, -0.05) is 18.2 Å². The van der Waals surface area contributed by atoms with Crippen molar-refractivity contribution in [1.82, 2.24) is 14.8 Å². The maximum absolute atomic E-state index is 13.0. The highest BCUT2D eigenvalue weighted by Crippen LogP contribution is 2.24. The molecule has 2 heterocycles. The van der Waals surface area contributed by atoms with Gasteiger partial charge in [-0.25, -0.2) is 9.18 Å². The lowest BCUT2D eigenvalue weighted by atomic mass is 10.1. The molecule has 1 fully saturated rings. The van der Waals surface area contributed by atoms with E-state index in [1.807, 2.05) is 24.3 Å². The molecule has 7 nitrogen and oxygen atoms in total. The van der Waals surface area contributed by atoms with Crippen LogP contribution in [0.3, 0.4) is 0 Å². The molecule has 0 unspecified atom stereocenters. The molecule has 0 radical (unpaired) electrons. The molecule has 0 atom stereocenters. The first kappa shape index (κ1) is 18.4. The standard InChI is InChI=1S/C21H17FN4O3/c1-25-20(28)17(24-21(25)29)10-13-11-26(18-5-3-2-4-16(13)18)12-19(27)23-15-8-6-14(22)7-9-15/h2-11H,12H2,1H3,(H,23,27)(H,24,29)/b17-10+. The van der Waals surface area contributed by atoms with E-state index in [9.17, 15) is 18.8 Å². The summed E-state index contributed by atoms with van der Waals surface area (Å²) in [5.74, 6) is -1.07. The number of aromatic nitrogens is 1. The minimum Gasteiger partial charge on any atom is -0.337 e. The maximum atomic E-state index is 13.0. The van der Waals surface area contributed by atoms with Gasteiger partial charge in [0.25, 0.3) is 5.91 Å². The van der Waals surface area contributed by atoms with Crippen molar-refractivity contribution in [3.8, 4) is 0 Å². The molecule has 1 aliphatic heterocycles.